The summed E-state index contributed by atoms with van der Waals surface area (Å²) in [6, 6.07) is 4.97. The van der Waals surface area contributed by atoms with Gasteiger partial charge in [0.25, 0.3) is 0 Å². The molecule has 0 radical (unpaired) electrons. The highest BCUT2D eigenvalue weighted by molar-refractivity contribution is 9.10. The highest BCUT2D eigenvalue weighted by atomic mass is 79.9. The minimum Gasteiger partial charge on any atom is -0.478 e. The normalized spacial score (nSPS) is 10.6. The third-order valence-corrected chi connectivity index (χ3v) is 3.29. The van der Waals surface area contributed by atoms with Crippen LogP contribution in [0.15, 0.2) is 33.6 Å². The van der Waals surface area contributed by atoms with Crippen molar-refractivity contribution in [3.8, 4) is 0 Å². The molecule has 1 heterocycles. The summed E-state index contributed by atoms with van der Waals surface area (Å²) in [5.41, 5.74) is 1.26. The second-order valence-electron chi connectivity index (χ2n) is 3.89. The Bertz CT molecular complexity index is 557. The predicted octanol–water partition coefficient (Wildman–Crippen LogP) is 1.86. The van der Waals surface area contributed by atoms with Crippen LogP contribution in [0.3, 0.4) is 0 Å². The topological polar surface area (TPSA) is 88.2 Å². The van der Waals surface area contributed by atoms with Crippen molar-refractivity contribution in [1.82, 2.24) is 15.5 Å². The van der Waals surface area contributed by atoms with Gasteiger partial charge in [-0.05, 0) is 17.7 Å². The molecule has 2 aromatic rings. The molecule has 0 saturated carbocycles. The van der Waals surface area contributed by atoms with Crippen LogP contribution in [0, 0.1) is 0 Å². The lowest BCUT2D eigenvalue weighted by Crippen LogP contribution is -2.17. The Balaban J connectivity index is 1.84. The lowest BCUT2D eigenvalue weighted by Gasteiger charge is -2.06. The zero-order valence-corrected chi connectivity index (χ0v) is 11.6. The molecule has 1 aromatic carbocycles. The third-order valence-electron chi connectivity index (χ3n) is 2.55. The van der Waals surface area contributed by atoms with Crippen LogP contribution in [0.4, 0.5) is 0 Å². The van der Waals surface area contributed by atoms with E-state index in [1.54, 1.807) is 18.2 Å². The van der Waals surface area contributed by atoms with E-state index in [0.717, 1.165) is 10.0 Å². The van der Waals surface area contributed by atoms with Crippen LogP contribution in [-0.4, -0.2) is 27.8 Å². The van der Waals surface area contributed by atoms with Gasteiger partial charge in [0, 0.05) is 24.0 Å². The number of halogens is 1. The number of hydrogen-bond donors (Lipinski definition) is 2. The van der Waals surface area contributed by atoms with Gasteiger partial charge in [-0.2, -0.15) is 4.98 Å². The second kappa shape index (κ2) is 6.44. The molecule has 0 saturated heterocycles. The first kappa shape index (κ1) is 13.7. The molecule has 2 N–H and O–H groups in total. The van der Waals surface area contributed by atoms with E-state index in [0.29, 0.717) is 25.3 Å². The van der Waals surface area contributed by atoms with Crippen molar-refractivity contribution in [3.05, 3.63) is 46.0 Å². The van der Waals surface area contributed by atoms with Crippen molar-refractivity contribution < 1.29 is 14.4 Å². The van der Waals surface area contributed by atoms with Gasteiger partial charge in [-0.15, -0.1) is 0 Å². The van der Waals surface area contributed by atoms with Crippen LogP contribution in [0.1, 0.15) is 21.7 Å². The Morgan fingerprint density at radius 2 is 2.32 bits per heavy atom. The molecule has 0 spiro atoms. The van der Waals surface area contributed by atoms with E-state index in [9.17, 15) is 4.79 Å². The Morgan fingerprint density at radius 3 is 2.95 bits per heavy atom. The summed E-state index contributed by atoms with van der Waals surface area (Å²) < 4.78 is 5.41. The summed E-state index contributed by atoms with van der Waals surface area (Å²) in [7, 11) is 0. The Hall–Kier alpha value is -1.73. The van der Waals surface area contributed by atoms with Crippen molar-refractivity contribution in [2.24, 2.45) is 0 Å². The molecule has 2 rings (SSSR count). The summed E-state index contributed by atoms with van der Waals surface area (Å²) in [6.07, 6.45) is 1.98. The number of nitrogens with one attached hydrogen (secondary N) is 1. The fourth-order valence-corrected chi connectivity index (χ4v) is 2.07. The molecule has 0 fully saturated rings. The number of aromatic carboxylic acids is 1. The number of benzene rings is 1. The molecule has 6 nitrogen and oxygen atoms in total. The summed E-state index contributed by atoms with van der Waals surface area (Å²) in [5.74, 6) is -0.273. The molecule has 19 heavy (non-hydrogen) atoms. The van der Waals surface area contributed by atoms with Crippen molar-refractivity contribution >= 4 is 21.9 Å². The molecule has 7 heteroatoms. The van der Waals surface area contributed by atoms with Crippen LogP contribution in [-0.2, 0) is 13.0 Å². The zero-order valence-electron chi connectivity index (χ0n) is 9.97. The summed E-state index contributed by atoms with van der Waals surface area (Å²) in [6.45, 7) is 1.35. The Labute approximate surface area is 118 Å². The van der Waals surface area contributed by atoms with Gasteiger partial charge in [0.2, 0.25) is 6.39 Å². The van der Waals surface area contributed by atoms with Gasteiger partial charge in [-0.1, -0.05) is 27.2 Å². The van der Waals surface area contributed by atoms with Crippen LogP contribution < -0.4 is 5.32 Å². The van der Waals surface area contributed by atoms with Crippen LogP contribution in [0.5, 0.6) is 0 Å². The van der Waals surface area contributed by atoms with Gasteiger partial charge in [0.1, 0.15) is 0 Å². The molecule has 0 amide bonds. The van der Waals surface area contributed by atoms with Gasteiger partial charge in [-0.25, -0.2) is 4.79 Å². The molecule has 0 aliphatic carbocycles. The first-order valence-electron chi connectivity index (χ1n) is 5.64. The highest BCUT2D eigenvalue weighted by Gasteiger charge is 2.06. The number of carboxylic acid groups (broad SMARTS) is 1. The van der Waals surface area contributed by atoms with Gasteiger partial charge < -0.3 is 14.9 Å². The molecule has 0 aliphatic rings. The van der Waals surface area contributed by atoms with E-state index in [4.69, 9.17) is 5.11 Å². The number of hydrogen-bond acceptors (Lipinski definition) is 5. The number of carbonyl (C=O) groups is 1. The minimum absolute atomic E-state index is 0.266. The average Bonchev–Trinajstić information content (AvgIpc) is 2.89. The smallest absolute Gasteiger partial charge is 0.335 e. The van der Waals surface area contributed by atoms with E-state index in [1.807, 2.05) is 0 Å². The quantitative estimate of drug-likeness (QED) is 0.788. The summed E-state index contributed by atoms with van der Waals surface area (Å²) >= 11 is 3.36. The largest absolute Gasteiger partial charge is 0.478 e. The average molecular weight is 326 g/mol. The van der Waals surface area contributed by atoms with E-state index in [-0.39, 0.29) is 5.56 Å². The molecular formula is C12H12BrN3O3. The summed E-state index contributed by atoms with van der Waals surface area (Å²) in [4.78, 5) is 14.7. The number of nitrogens with zero attached hydrogens (tertiary/aromatic N) is 2. The maximum absolute atomic E-state index is 10.8. The standard InChI is InChI=1S/C12H12BrN3O3/c13-10-5-8(12(17)18)1-2-9(10)6-14-4-3-11-15-7-19-16-11/h1-2,5,7,14H,3-4,6H2,(H,17,18). The Morgan fingerprint density at radius 1 is 1.47 bits per heavy atom. The molecule has 1 aromatic heterocycles. The number of carboxylic acids is 1. The molecular weight excluding hydrogens is 314 g/mol. The van der Waals surface area contributed by atoms with Crippen LogP contribution in [0.25, 0.3) is 0 Å². The first-order chi connectivity index (χ1) is 9.16. The van der Waals surface area contributed by atoms with E-state index < -0.39 is 5.97 Å². The zero-order chi connectivity index (χ0) is 13.7. The lowest BCUT2D eigenvalue weighted by atomic mass is 10.1. The number of aromatic nitrogens is 2. The van der Waals surface area contributed by atoms with Crippen molar-refractivity contribution in [3.63, 3.8) is 0 Å². The van der Waals surface area contributed by atoms with E-state index in [1.165, 1.54) is 6.39 Å². The van der Waals surface area contributed by atoms with Gasteiger partial charge in [0.15, 0.2) is 5.82 Å². The maximum Gasteiger partial charge on any atom is 0.335 e. The van der Waals surface area contributed by atoms with Crippen molar-refractivity contribution in [2.75, 3.05) is 6.54 Å². The SMILES string of the molecule is O=C(O)c1ccc(CNCCc2ncon2)c(Br)c1. The van der Waals surface area contributed by atoms with E-state index in [2.05, 4.69) is 35.9 Å². The fourth-order valence-electron chi connectivity index (χ4n) is 1.55. The maximum atomic E-state index is 10.8. The summed E-state index contributed by atoms with van der Waals surface area (Å²) in [5, 5.41) is 15.8. The first-order valence-corrected chi connectivity index (χ1v) is 6.44. The van der Waals surface area contributed by atoms with Gasteiger partial charge in [0.05, 0.1) is 5.56 Å². The monoisotopic (exact) mass is 325 g/mol. The van der Waals surface area contributed by atoms with Crippen LogP contribution >= 0.6 is 15.9 Å². The molecule has 100 valence electrons. The van der Waals surface area contributed by atoms with Crippen molar-refractivity contribution in [1.29, 1.82) is 0 Å². The van der Waals surface area contributed by atoms with Gasteiger partial charge in [-0.3, -0.25) is 0 Å². The fraction of sp³-hybridized carbons (Fsp3) is 0.250. The lowest BCUT2D eigenvalue weighted by molar-refractivity contribution is 0.0697. The third kappa shape index (κ3) is 3.87. The van der Waals surface area contributed by atoms with Gasteiger partial charge >= 0.3 is 5.97 Å². The predicted molar refractivity (Wildman–Crippen MR) is 70.8 cm³/mol. The van der Waals surface area contributed by atoms with Crippen molar-refractivity contribution in [2.45, 2.75) is 13.0 Å². The Kier molecular flexibility index (Phi) is 4.64. The van der Waals surface area contributed by atoms with E-state index >= 15 is 0 Å². The second-order valence-corrected chi connectivity index (χ2v) is 4.74. The van der Waals surface area contributed by atoms with Crippen LogP contribution in [0.2, 0.25) is 0 Å². The highest BCUT2D eigenvalue weighted by Crippen LogP contribution is 2.18. The number of rotatable bonds is 6. The minimum atomic E-state index is -0.933. The molecule has 0 unspecified atom stereocenters. The molecule has 0 atom stereocenters. The molecule has 0 bridgehead atoms. The molecule has 0 aliphatic heterocycles.